The number of rotatable bonds is 4. The van der Waals surface area contributed by atoms with Gasteiger partial charge in [0.15, 0.2) is 0 Å². The van der Waals surface area contributed by atoms with E-state index in [9.17, 15) is 4.39 Å². The molecule has 1 aromatic carbocycles. The lowest BCUT2D eigenvalue weighted by molar-refractivity contribution is 0.559. The first-order valence-corrected chi connectivity index (χ1v) is 7.54. The lowest BCUT2D eigenvalue weighted by atomic mass is 9.99. The predicted octanol–water partition coefficient (Wildman–Crippen LogP) is 5.20. The van der Waals surface area contributed by atoms with Gasteiger partial charge < -0.3 is 5.32 Å². The number of benzene rings is 1. The number of halogens is 3. The van der Waals surface area contributed by atoms with Crippen molar-refractivity contribution in [3.63, 3.8) is 0 Å². The Labute approximate surface area is 126 Å². The average molecular weight is 318 g/mol. The van der Waals surface area contributed by atoms with Gasteiger partial charge in [0.05, 0.1) is 14.7 Å². The van der Waals surface area contributed by atoms with Crippen molar-refractivity contribution in [2.24, 2.45) is 0 Å². The maximum atomic E-state index is 14.1. The first kappa shape index (κ1) is 14.8. The Morgan fingerprint density at radius 1 is 1.26 bits per heavy atom. The maximum absolute atomic E-state index is 14.1. The van der Waals surface area contributed by atoms with E-state index in [0.717, 1.165) is 11.1 Å². The topological polar surface area (TPSA) is 12.0 Å². The summed E-state index contributed by atoms with van der Waals surface area (Å²) in [6, 6.07) is 6.73. The van der Waals surface area contributed by atoms with E-state index in [1.807, 2.05) is 19.9 Å². The highest BCUT2D eigenvalue weighted by Crippen LogP contribution is 2.38. The van der Waals surface area contributed by atoms with Gasteiger partial charge in [-0.05, 0) is 31.2 Å². The van der Waals surface area contributed by atoms with Gasteiger partial charge in [0, 0.05) is 11.1 Å². The second-order valence-electron chi connectivity index (χ2n) is 4.30. The molecule has 1 atom stereocenters. The lowest BCUT2D eigenvalue weighted by Gasteiger charge is -2.19. The van der Waals surface area contributed by atoms with Crippen molar-refractivity contribution >= 4 is 34.5 Å². The molecule has 2 aromatic rings. The van der Waals surface area contributed by atoms with Crippen molar-refractivity contribution in [3.8, 4) is 0 Å². The zero-order valence-electron chi connectivity index (χ0n) is 10.6. The normalized spacial score (nSPS) is 12.7. The Balaban J connectivity index is 2.48. The largest absolute Gasteiger partial charge is 0.306 e. The van der Waals surface area contributed by atoms with E-state index in [-0.39, 0.29) is 11.9 Å². The standard InChI is InChI=1S/C14H14Cl2FNS/c1-3-18-13(10-7-12(15)19-14(10)16)9-5-4-8(2)6-11(9)17/h4-7,13,18H,3H2,1-2H3. The van der Waals surface area contributed by atoms with Gasteiger partial charge in [-0.25, -0.2) is 4.39 Å². The number of nitrogens with one attached hydrogen (secondary N) is 1. The molecule has 0 bridgehead atoms. The van der Waals surface area contributed by atoms with Crippen molar-refractivity contribution in [2.75, 3.05) is 6.54 Å². The van der Waals surface area contributed by atoms with Crippen molar-refractivity contribution in [1.82, 2.24) is 5.32 Å². The first-order chi connectivity index (χ1) is 9.02. The molecule has 102 valence electrons. The smallest absolute Gasteiger partial charge is 0.128 e. The Bertz CT molecular complexity index is 583. The Kier molecular flexibility index (Phi) is 4.85. The van der Waals surface area contributed by atoms with Crippen LogP contribution >= 0.6 is 34.5 Å². The molecule has 1 heterocycles. The van der Waals surface area contributed by atoms with E-state index in [4.69, 9.17) is 23.2 Å². The van der Waals surface area contributed by atoms with Crippen LogP contribution in [-0.4, -0.2) is 6.54 Å². The molecule has 0 aliphatic carbocycles. The highest BCUT2D eigenvalue weighted by Gasteiger charge is 2.21. The van der Waals surface area contributed by atoms with Crippen LogP contribution in [0.2, 0.25) is 8.67 Å². The molecule has 19 heavy (non-hydrogen) atoms. The molecule has 0 radical (unpaired) electrons. The van der Waals surface area contributed by atoms with E-state index >= 15 is 0 Å². The third-order valence-electron chi connectivity index (χ3n) is 2.87. The number of thiophene rings is 1. The SMILES string of the molecule is CCNC(c1ccc(C)cc1F)c1cc(Cl)sc1Cl. The van der Waals surface area contributed by atoms with Gasteiger partial charge in [-0.2, -0.15) is 0 Å². The summed E-state index contributed by atoms with van der Waals surface area (Å²) in [7, 11) is 0. The summed E-state index contributed by atoms with van der Waals surface area (Å²) < 4.78 is 15.3. The number of aryl methyl sites for hydroxylation is 1. The third-order valence-corrected chi connectivity index (χ3v) is 4.39. The van der Waals surface area contributed by atoms with E-state index < -0.39 is 0 Å². The van der Waals surface area contributed by atoms with Crippen LogP contribution in [0.15, 0.2) is 24.3 Å². The summed E-state index contributed by atoms with van der Waals surface area (Å²) in [5.74, 6) is -0.232. The van der Waals surface area contributed by atoms with E-state index in [0.29, 0.717) is 20.8 Å². The monoisotopic (exact) mass is 317 g/mol. The summed E-state index contributed by atoms with van der Waals surface area (Å²) in [5.41, 5.74) is 2.30. The minimum absolute atomic E-state index is 0.232. The molecule has 0 amide bonds. The maximum Gasteiger partial charge on any atom is 0.128 e. The number of hydrogen-bond acceptors (Lipinski definition) is 2. The highest BCUT2D eigenvalue weighted by molar-refractivity contribution is 7.20. The van der Waals surface area contributed by atoms with Gasteiger partial charge in [-0.3, -0.25) is 0 Å². The molecular formula is C14H14Cl2FNS. The van der Waals surface area contributed by atoms with Crippen LogP contribution in [0.4, 0.5) is 4.39 Å². The van der Waals surface area contributed by atoms with Crippen LogP contribution in [0.5, 0.6) is 0 Å². The fourth-order valence-electron chi connectivity index (χ4n) is 2.01. The van der Waals surface area contributed by atoms with E-state index in [1.54, 1.807) is 12.1 Å². The summed E-state index contributed by atoms with van der Waals surface area (Å²) in [4.78, 5) is 0. The third kappa shape index (κ3) is 3.29. The fraction of sp³-hybridized carbons (Fsp3) is 0.286. The molecule has 1 N–H and O–H groups in total. The molecule has 1 aromatic heterocycles. The van der Waals surface area contributed by atoms with Crippen molar-refractivity contribution in [1.29, 1.82) is 0 Å². The molecule has 0 spiro atoms. The van der Waals surface area contributed by atoms with Gasteiger partial charge >= 0.3 is 0 Å². The van der Waals surface area contributed by atoms with Crippen LogP contribution in [-0.2, 0) is 0 Å². The molecule has 2 rings (SSSR count). The summed E-state index contributed by atoms with van der Waals surface area (Å²) in [6.07, 6.45) is 0. The van der Waals surface area contributed by atoms with E-state index in [1.165, 1.54) is 17.4 Å². The minimum Gasteiger partial charge on any atom is -0.306 e. The molecule has 0 saturated carbocycles. The molecule has 0 fully saturated rings. The number of hydrogen-bond donors (Lipinski definition) is 1. The van der Waals surface area contributed by atoms with Crippen LogP contribution in [0.1, 0.15) is 29.7 Å². The summed E-state index contributed by atoms with van der Waals surface area (Å²) in [5, 5.41) is 3.25. The molecule has 0 aliphatic rings. The molecule has 0 aliphatic heterocycles. The second-order valence-corrected chi connectivity index (χ2v) is 6.58. The zero-order chi connectivity index (χ0) is 14.0. The van der Waals surface area contributed by atoms with Gasteiger partial charge in [-0.15, -0.1) is 11.3 Å². The fourth-order valence-corrected chi connectivity index (χ4v) is 3.54. The van der Waals surface area contributed by atoms with Crippen LogP contribution in [0, 0.1) is 12.7 Å². The van der Waals surface area contributed by atoms with Crippen molar-refractivity contribution < 1.29 is 4.39 Å². The summed E-state index contributed by atoms with van der Waals surface area (Å²) >= 11 is 13.5. The quantitative estimate of drug-likeness (QED) is 0.817. The Morgan fingerprint density at radius 3 is 2.53 bits per heavy atom. The van der Waals surface area contributed by atoms with Gasteiger partial charge in [-0.1, -0.05) is 42.3 Å². The van der Waals surface area contributed by atoms with E-state index in [2.05, 4.69) is 5.32 Å². The van der Waals surface area contributed by atoms with Crippen LogP contribution in [0.3, 0.4) is 0 Å². The van der Waals surface area contributed by atoms with Crippen molar-refractivity contribution in [3.05, 3.63) is 55.4 Å². The second kappa shape index (κ2) is 6.23. The molecule has 0 saturated heterocycles. The van der Waals surface area contributed by atoms with Crippen molar-refractivity contribution in [2.45, 2.75) is 19.9 Å². The molecular weight excluding hydrogens is 304 g/mol. The predicted molar refractivity (Wildman–Crippen MR) is 81.0 cm³/mol. The minimum atomic E-state index is -0.276. The first-order valence-electron chi connectivity index (χ1n) is 5.97. The average Bonchev–Trinajstić information content (AvgIpc) is 2.66. The Hall–Kier alpha value is -0.610. The molecule has 1 unspecified atom stereocenters. The van der Waals surface area contributed by atoms with Gasteiger partial charge in [0.25, 0.3) is 0 Å². The Morgan fingerprint density at radius 2 is 2.00 bits per heavy atom. The lowest BCUT2D eigenvalue weighted by Crippen LogP contribution is -2.22. The van der Waals surface area contributed by atoms with Crippen LogP contribution in [0.25, 0.3) is 0 Å². The zero-order valence-corrected chi connectivity index (χ0v) is 13.0. The van der Waals surface area contributed by atoms with Gasteiger partial charge in [0.2, 0.25) is 0 Å². The van der Waals surface area contributed by atoms with Crippen LogP contribution < -0.4 is 5.32 Å². The molecule has 5 heteroatoms. The summed E-state index contributed by atoms with van der Waals surface area (Å²) in [6.45, 7) is 4.55. The van der Waals surface area contributed by atoms with Gasteiger partial charge in [0.1, 0.15) is 5.82 Å². The molecule has 1 nitrogen and oxygen atoms in total. The highest BCUT2D eigenvalue weighted by atomic mass is 35.5.